The first-order valence-corrected chi connectivity index (χ1v) is 9.94. The zero-order valence-corrected chi connectivity index (χ0v) is 13.9. The second-order valence-electron chi connectivity index (χ2n) is 7.05. The summed E-state index contributed by atoms with van der Waals surface area (Å²) in [6.07, 6.45) is 5.99. The van der Waals surface area contributed by atoms with Crippen molar-refractivity contribution < 1.29 is 13.2 Å². The standard InChI is InChI=1S/C17H22N2O3S/c20-17-2-1-9-19(17)14-5-7-15(8-6-14)23(21,22)18-16-11-12-3-4-13(16)10-12/h5-8,12-13,16,18H,1-4,9-11H2/t12-,13-,16-/m1/s1. The fraction of sp³-hybridized carbons (Fsp3) is 0.588. The van der Waals surface area contributed by atoms with Crippen LogP contribution in [0.4, 0.5) is 5.69 Å². The zero-order chi connectivity index (χ0) is 16.0. The normalized spacial score (nSPS) is 30.3. The van der Waals surface area contributed by atoms with Gasteiger partial charge in [0.25, 0.3) is 0 Å². The van der Waals surface area contributed by atoms with Crippen LogP contribution < -0.4 is 9.62 Å². The predicted octanol–water partition coefficient (Wildman–Crippen LogP) is 2.28. The van der Waals surface area contributed by atoms with Gasteiger partial charge < -0.3 is 4.90 Å². The van der Waals surface area contributed by atoms with Crippen LogP contribution in [0.25, 0.3) is 0 Å². The van der Waals surface area contributed by atoms with Crippen LogP contribution >= 0.6 is 0 Å². The topological polar surface area (TPSA) is 66.5 Å². The minimum atomic E-state index is -3.47. The van der Waals surface area contributed by atoms with Gasteiger partial charge in [-0.1, -0.05) is 6.42 Å². The molecule has 1 N–H and O–H groups in total. The number of hydrogen-bond acceptors (Lipinski definition) is 3. The second-order valence-corrected chi connectivity index (χ2v) is 8.76. The van der Waals surface area contributed by atoms with Gasteiger partial charge in [-0.3, -0.25) is 4.79 Å². The van der Waals surface area contributed by atoms with Gasteiger partial charge in [-0.15, -0.1) is 0 Å². The molecule has 1 aromatic carbocycles. The van der Waals surface area contributed by atoms with Gasteiger partial charge >= 0.3 is 0 Å². The number of anilines is 1. The van der Waals surface area contributed by atoms with Crippen LogP contribution in [0.1, 0.15) is 38.5 Å². The van der Waals surface area contributed by atoms with Gasteiger partial charge in [0.15, 0.2) is 0 Å². The molecule has 1 aliphatic heterocycles. The molecule has 0 unspecified atom stereocenters. The van der Waals surface area contributed by atoms with Crippen LogP contribution in [0.2, 0.25) is 0 Å². The first-order chi connectivity index (χ1) is 11.0. The van der Waals surface area contributed by atoms with E-state index in [1.54, 1.807) is 29.2 Å². The first kappa shape index (κ1) is 15.1. The molecular formula is C17H22N2O3S. The predicted molar refractivity (Wildman–Crippen MR) is 87.6 cm³/mol. The van der Waals surface area contributed by atoms with E-state index in [0.717, 1.165) is 24.9 Å². The Bertz CT molecular complexity index is 714. The van der Waals surface area contributed by atoms with Crippen LogP contribution in [0.15, 0.2) is 29.2 Å². The highest BCUT2D eigenvalue weighted by Gasteiger charge is 2.41. The number of sulfonamides is 1. The summed E-state index contributed by atoms with van der Waals surface area (Å²) in [6.45, 7) is 0.717. The van der Waals surface area contributed by atoms with E-state index < -0.39 is 10.0 Å². The van der Waals surface area contributed by atoms with E-state index in [1.165, 1.54) is 12.8 Å². The minimum absolute atomic E-state index is 0.0959. The van der Waals surface area contributed by atoms with Crippen molar-refractivity contribution in [1.82, 2.24) is 4.72 Å². The summed E-state index contributed by atoms with van der Waals surface area (Å²) in [5, 5.41) is 0. The Balaban J connectivity index is 1.49. The third-order valence-corrected chi connectivity index (χ3v) is 7.08. The molecule has 0 radical (unpaired) electrons. The minimum Gasteiger partial charge on any atom is -0.312 e. The number of carbonyl (C=O) groups excluding carboxylic acids is 1. The van der Waals surface area contributed by atoms with Crippen molar-refractivity contribution >= 4 is 21.6 Å². The fourth-order valence-electron chi connectivity index (χ4n) is 4.38. The highest BCUT2D eigenvalue weighted by molar-refractivity contribution is 7.89. The van der Waals surface area contributed by atoms with Crippen molar-refractivity contribution in [2.75, 3.05) is 11.4 Å². The largest absolute Gasteiger partial charge is 0.312 e. The van der Waals surface area contributed by atoms with E-state index in [1.807, 2.05) is 0 Å². The fourth-order valence-corrected chi connectivity index (χ4v) is 5.70. The molecule has 1 saturated heterocycles. The molecule has 1 amide bonds. The quantitative estimate of drug-likeness (QED) is 0.918. The Hall–Kier alpha value is -1.40. The van der Waals surface area contributed by atoms with Crippen molar-refractivity contribution in [2.45, 2.75) is 49.5 Å². The maximum Gasteiger partial charge on any atom is 0.240 e. The summed E-state index contributed by atoms with van der Waals surface area (Å²) in [6, 6.07) is 6.78. The van der Waals surface area contributed by atoms with Gasteiger partial charge in [0.1, 0.15) is 0 Å². The Morgan fingerprint density at radius 2 is 1.87 bits per heavy atom. The molecule has 3 fully saturated rings. The highest BCUT2D eigenvalue weighted by atomic mass is 32.2. The Morgan fingerprint density at radius 1 is 1.09 bits per heavy atom. The van der Waals surface area contributed by atoms with Crippen molar-refractivity contribution in [3.8, 4) is 0 Å². The van der Waals surface area contributed by atoms with E-state index in [0.29, 0.717) is 24.8 Å². The molecule has 3 aliphatic rings. The maximum absolute atomic E-state index is 12.6. The molecular weight excluding hydrogens is 312 g/mol. The number of amides is 1. The average molecular weight is 334 g/mol. The lowest BCUT2D eigenvalue weighted by atomic mass is 9.96. The van der Waals surface area contributed by atoms with Crippen LogP contribution in [0.3, 0.4) is 0 Å². The van der Waals surface area contributed by atoms with E-state index in [2.05, 4.69) is 4.72 Å². The maximum atomic E-state index is 12.6. The molecule has 5 nitrogen and oxygen atoms in total. The summed E-state index contributed by atoms with van der Waals surface area (Å²) in [5.74, 6) is 1.33. The van der Waals surface area contributed by atoms with Crippen molar-refractivity contribution in [3.63, 3.8) is 0 Å². The Labute approximate surface area is 137 Å². The van der Waals surface area contributed by atoms with Crippen LogP contribution in [-0.4, -0.2) is 26.9 Å². The molecule has 2 bridgehead atoms. The summed E-state index contributed by atoms with van der Waals surface area (Å²) < 4.78 is 28.0. The van der Waals surface area contributed by atoms with Gasteiger partial charge in [0, 0.05) is 24.7 Å². The molecule has 0 aromatic heterocycles. The van der Waals surface area contributed by atoms with Gasteiger partial charge in [0.2, 0.25) is 15.9 Å². The molecule has 1 heterocycles. The number of hydrogen-bond donors (Lipinski definition) is 1. The van der Waals surface area contributed by atoms with E-state index in [9.17, 15) is 13.2 Å². The average Bonchev–Trinajstić information content (AvgIpc) is 3.23. The summed E-state index contributed by atoms with van der Waals surface area (Å²) in [5.41, 5.74) is 0.784. The molecule has 124 valence electrons. The van der Waals surface area contributed by atoms with Gasteiger partial charge in [-0.05, 0) is 61.8 Å². The monoisotopic (exact) mass is 334 g/mol. The third kappa shape index (κ3) is 2.78. The number of fused-ring (bicyclic) bond motifs is 2. The highest BCUT2D eigenvalue weighted by Crippen LogP contribution is 2.44. The lowest BCUT2D eigenvalue weighted by molar-refractivity contribution is -0.117. The molecule has 4 rings (SSSR count). The Kier molecular flexibility index (Phi) is 3.69. The molecule has 0 spiro atoms. The smallest absolute Gasteiger partial charge is 0.240 e. The first-order valence-electron chi connectivity index (χ1n) is 8.46. The lowest BCUT2D eigenvalue weighted by Crippen LogP contribution is -2.38. The van der Waals surface area contributed by atoms with Gasteiger partial charge in [0.05, 0.1) is 4.90 Å². The number of nitrogens with one attached hydrogen (secondary N) is 1. The second kappa shape index (κ2) is 5.60. The number of nitrogens with zero attached hydrogens (tertiary/aromatic N) is 1. The zero-order valence-electron chi connectivity index (χ0n) is 13.1. The molecule has 6 heteroatoms. The summed E-state index contributed by atoms with van der Waals surface area (Å²) in [7, 11) is -3.47. The number of benzene rings is 1. The van der Waals surface area contributed by atoms with E-state index in [-0.39, 0.29) is 16.8 Å². The number of carbonyl (C=O) groups is 1. The van der Waals surface area contributed by atoms with Gasteiger partial charge in [-0.2, -0.15) is 0 Å². The Morgan fingerprint density at radius 3 is 2.43 bits per heavy atom. The number of rotatable bonds is 4. The summed E-state index contributed by atoms with van der Waals surface area (Å²) in [4.78, 5) is 13.8. The van der Waals surface area contributed by atoms with Crippen LogP contribution in [0.5, 0.6) is 0 Å². The van der Waals surface area contributed by atoms with Crippen LogP contribution in [0, 0.1) is 11.8 Å². The SMILES string of the molecule is O=C1CCCN1c1ccc(S(=O)(=O)N[C@@H]2C[C@@H]3CC[C@@H]2C3)cc1. The van der Waals surface area contributed by atoms with Crippen molar-refractivity contribution in [2.24, 2.45) is 11.8 Å². The van der Waals surface area contributed by atoms with Crippen molar-refractivity contribution in [1.29, 1.82) is 0 Å². The van der Waals surface area contributed by atoms with Gasteiger partial charge in [-0.25, -0.2) is 13.1 Å². The molecule has 1 aromatic rings. The summed E-state index contributed by atoms with van der Waals surface area (Å²) >= 11 is 0. The lowest BCUT2D eigenvalue weighted by Gasteiger charge is -2.23. The van der Waals surface area contributed by atoms with Crippen molar-refractivity contribution in [3.05, 3.63) is 24.3 Å². The van der Waals surface area contributed by atoms with E-state index in [4.69, 9.17) is 0 Å². The molecule has 23 heavy (non-hydrogen) atoms. The van der Waals surface area contributed by atoms with E-state index >= 15 is 0 Å². The van der Waals surface area contributed by atoms with Crippen LogP contribution in [-0.2, 0) is 14.8 Å². The molecule has 3 atom stereocenters. The molecule has 2 aliphatic carbocycles. The third-order valence-electron chi connectivity index (χ3n) is 5.58. The molecule has 2 saturated carbocycles.